The zero-order valence-electron chi connectivity index (χ0n) is 10.3. The molecule has 0 radical (unpaired) electrons. The second kappa shape index (κ2) is 4.87. The van der Waals surface area contributed by atoms with Gasteiger partial charge < -0.3 is 9.88 Å². The molecule has 0 aliphatic carbocycles. The highest BCUT2D eigenvalue weighted by molar-refractivity contribution is 6.02. The van der Waals surface area contributed by atoms with Crippen molar-refractivity contribution in [2.24, 2.45) is 7.05 Å². The summed E-state index contributed by atoms with van der Waals surface area (Å²) in [5.74, 6) is -0.295. The lowest BCUT2D eigenvalue weighted by Crippen LogP contribution is -2.20. The Kier molecular flexibility index (Phi) is 3.27. The van der Waals surface area contributed by atoms with Gasteiger partial charge in [0, 0.05) is 32.1 Å². The van der Waals surface area contributed by atoms with Crippen LogP contribution in [0.15, 0.2) is 35.4 Å². The van der Waals surface area contributed by atoms with E-state index in [4.69, 9.17) is 0 Å². The molecule has 6 nitrogen and oxygen atoms in total. The molecule has 2 aromatic rings. The molecule has 0 saturated heterocycles. The van der Waals surface area contributed by atoms with Crippen LogP contribution in [-0.2, 0) is 13.6 Å². The number of carbonyl (C=O) groups excluding carboxylic acids is 1. The highest BCUT2D eigenvalue weighted by Crippen LogP contribution is 2.06. The Morgan fingerprint density at radius 1 is 1.39 bits per heavy atom. The first kappa shape index (κ1) is 12.1. The average molecular weight is 246 g/mol. The van der Waals surface area contributed by atoms with Crippen molar-refractivity contribution in [3.63, 3.8) is 0 Å². The van der Waals surface area contributed by atoms with E-state index in [0.29, 0.717) is 17.9 Å². The fourth-order valence-corrected chi connectivity index (χ4v) is 1.58. The van der Waals surface area contributed by atoms with Crippen LogP contribution in [0.25, 0.3) is 0 Å². The standard InChI is InChI=1S/C12H14N4O2/c1-3-16-8-9(4-5-11(16)17)13-12(18)10-6-7-15(2)14-10/h4-8H,3H2,1-2H3,(H,13,18). The Morgan fingerprint density at radius 3 is 2.78 bits per heavy atom. The molecule has 0 atom stereocenters. The largest absolute Gasteiger partial charge is 0.319 e. The second-order valence-electron chi connectivity index (χ2n) is 3.87. The lowest BCUT2D eigenvalue weighted by atomic mass is 10.3. The number of hydrogen-bond donors (Lipinski definition) is 1. The molecule has 1 amide bonds. The first-order chi connectivity index (χ1) is 8.60. The maximum atomic E-state index is 11.8. The summed E-state index contributed by atoms with van der Waals surface area (Å²) in [6.45, 7) is 2.43. The predicted molar refractivity (Wildman–Crippen MR) is 67.5 cm³/mol. The molecule has 18 heavy (non-hydrogen) atoms. The summed E-state index contributed by atoms with van der Waals surface area (Å²) in [6.07, 6.45) is 3.31. The number of aromatic nitrogens is 3. The van der Waals surface area contributed by atoms with Gasteiger partial charge in [0.05, 0.1) is 5.69 Å². The topological polar surface area (TPSA) is 68.9 Å². The van der Waals surface area contributed by atoms with E-state index in [-0.39, 0.29) is 11.5 Å². The fourth-order valence-electron chi connectivity index (χ4n) is 1.58. The molecule has 1 N–H and O–H groups in total. The summed E-state index contributed by atoms with van der Waals surface area (Å²) in [7, 11) is 1.74. The van der Waals surface area contributed by atoms with Gasteiger partial charge in [0.15, 0.2) is 5.69 Å². The first-order valence-electron chi connectivity index (χ1n) is 5.61. The summed E-state index contributed by atoms with van der Waals surface area (Å²) in [6, 6.07) is 4.64. The summed E-state index contributed by atoms with van der Waals surface area (Å²) in [5.41, 5.74) is 0.826. The number of pyridine rings is 1. The van der Waals surface area contributed by atoms with E-state index in [1.54, 1.807) is 36.3 Å². The molecule has 0 saturated carbocycles. The van der Waals surface area contributed by atoms with Crippen molar-refractivity contribution in [3.05, 3.63) is 46.6 Å². The lowest BCUT2D eigenvalue weighted by Gasteiger charge is -2.06. The third-order valence-electron chi connectivity index (χ3n) is 2.53. The molecule has 2 aromatic heterocycles. The highest BCUT2D eigenvalue weighted by atomic mass is 16.2. The normalized spacial score (nSPS) is 10.3. The smallest absolute Gasteiger partial charge is 0.276 e. The van der Waals surface area contributed by atoms with Crippen LogP contribution in [0.3, 0.4) is 0 Å². The molecule has 0 unspecified atom stereocenters. The van der Waals surface area contributed by atoms with Gasteiger partial charge >= 0.3 is 0 Å². The Morgan fingerprint density at radius 2 is 2.17 bits per heavy atom. The number of hydrogen-bond acceptors (Lipinski definition) is 3. The quantitative estimate of drug-likeness (QED) is 0.873. The first-order valence-corrected chi connectivity index (χ1v) is 5.61. The van der Waals surface area contributed by atoms with E-state index < -0.39 is 0 Å². The average Bonchev–Trinajstić information content (AvgIpc) is 2.78. The van der Waals surface area contributed by atoms with Gasteiger partial charge in [-0.25, -0.2) is 0 Å². The molecular weight excluding hydrogens is 232 g/mol. The van der Waals surface area contributed by atoms with E-state index in [2.05, 4.69) is 10.4 Å². The van der Waals surface area contributed by atoms with Gasteiger partial charge in [-0.3, -0.25) is 14.3 Å². The number of rotatable bonds is 3. The molecule has 0 aliphatic rings. The maximum Gasteiger partial charge on any atom is 0.276 e. The van der Waals surface area contributed by atoms with Gasteiger partial charge in [-0.2, -0.15) is 5.10 Å². The van der Waals surface area contributed by atoms with Crippen LogP contribution >= 0.6 is 0 Å². The van der Waals surface area contributed by atoms with Crippen molar-refractivity contribution in [1.82, 2.24) is 14.3 Å². The molecule has 0 aliphatic heterocycles. The van der Waals surface area contributed by atoms with Crippen LogP contribution in [-0.4, -0.2) is 20.3 Å². The van der Waals surface area contributed by atoms with E-state index in [1.165, 1.54) is 10.6 Å². The Bertz CT molecular complexity index is 627. The molecule has 0 fully saturated rings. The predicted octanol–water partition coefficient (Wildman–Crippen LogP) is 0.854. The van der Waals surface area contributed by atoms with Crippen LogP contribution in [0.4, 0.5) is 5.69 Å². The lowest BCUT2D eigenvalue weighted by molar-refractivity contribution is 0.102. The van der Waals surface area contributed by atoms with Gasteiger partial charge in [0.2, 0.25) is 0 Å². The Hall–Kier alpha value is -2.37. The van der Waals surface area contributed by atoms with Gasteiger partial charge in [0.25, 0.3) is 11.5 Å². The maximum absolute atomic E-state index is 11.8. The van der Waals surface area contributed by atoms with Gasteiger partial charge in [-0.1, -0.05) is 0 Å². The zero-order valence-corrected chi connectivity index (χ0v) is 10.3. The number of amides is 1. The third-order valence-corrected chi connectivity index (χ3v) is 2.53. The molecule has 2 rings (SSSR count). The monoisotopic (exact) mass is 246 g/mol. The number of nitrogens with one attached hydrogen (secondary N) is 1. The van der Waals surface area contributed by atoms with Crippen LogP contribution in [0.5, 0.6) is 0 Å². The van der Waals surface area contributed by atoms with Crippen molar-refractivity contribution in [3.8, 4) is 0 Å². The molecular formula is C12H14N4O2. The van der Waals surface area contributed by atoms with Crippen molar-refractivity contribution < 1.29 is 4.79 Å². The fraction of sp³-hybridized carbons (Fsp3) is 0.250. The van der Waals surface area contributed by atoms with Crippen molar-refractivity contribution in [2.75, 3.05) is 5.32 Å². The van der Waals surface area contributed by atoms with Gasteiger partial charge in [-0.15, -0.1) is 0 Å². The van der Waals surface area contributed by atoms with Crippen LogP contribution < -0.4 is 10.9 Å². The second-order valence-corrected chi connectivity index (χ2v) is 3.87. The van der Waals surface area contributed by atoms with Crippen molar-refractivity contribution in [1.29, 1.82) is 0 Å². The highest BCUT2D eigenvalue weighted by Gasteiger charge is 2.09. The van der Waals surface area contributed by atoms with E-state index in [0.717, 1.165) is 0 Å². The Labute approximate surface area is 104 Å². The summed E-state index contributed by atoms with van der Waals surface area (Å²) in [5, 5.41) is 6.70. The molecule has 0 aromatic carbocycles. The number of carbonyl (C=O) groups is 1. The SMILES string of the molecule is CCn1cc(NC(=O)c2ccn(C)n2)ccc1=O. The van der Waals surface area contributed by atoms with Crippen molar-refractivity contribution in [2.45, 2.75) is 13.5 Å². The number of nitrogens with zero attached hydrogens (tertiary/aromatic N) is 3. The van der Waals surface area contributed by atoms with Crippen LogP contribution in [0, 0.1) is 0 Å². The van der Waals surface area contributed by atoms with Gasteiger partial charge in [0.1, 0.15) is 0 Å². The zero-order chi connectivity index (χ0) is 13.1. The molecule has 6 heteroatoms. The third kappa shape index (κ3) is 2.48. The molecule has 0 bridgehead atoms. The van der Waals surface area contributed by atoms with Crippen molar-refractivity contribution >= 4 is 11.6 Å². The van der Waals surface area contributed by atoms with E-state index >= 15 is 0 Å². The summed E-state index contributed by atoms with van der Waals surface area (Å²) in [4.78, 5) is 23.2. The van der Waals surface area contributed by atoms with Crippen LogP contribution in [0.2, 0.25) is 0 Å². The minimum Gasteiger partial charge on any atom is -0.319 e. The minimum absolute atomic E-state index is 0.0895. The number of aryl methyl sites for hydroxylation is 2. The molecule has 2 heterocycles. The molecule has 94 valence electrons. The summed E-state index contributed by atoms with van der Waals surface area (Å²) < 4.78 is 3.08. The minimum atomic E-state index is -0.295. The van der Waals surface area contributed by atoms with Crippen LogP contribution in [0.1, 0.15) is 17.4 Å². The van der Waals surface area contributed by atoms with Gasteiger partial charge in [-0.05, 0) is 19.1 Å². The Balaban J connectivity index is 2.19. The van der Waals surface area contributed by atoms with E-state index in [9.17, 15) is 9.59 Å². The molecule has 0 spiro atoms. The van der Waals surface area contributed by atoms with E-state index in [1.807, 2.05) is 6.92 Å². The summed E-state index contributed by atoms with van der Waals surface area (Å²) >= 11 is 0. The number of anilines is 1.